The Morgan fingerprint density at radius 2 is 1.79 bits per heavy atom. The van der Waals surface area contributed by atoms with Crippen LogP contribution in [-0.4, -0.2) is 67.1 Å². The van der Waals surface area contributed by atoms with E-state index in [2.05, 4.69) is 15.6 Å². The molecule has 4 amide bonds. The van der Waals surface area contributed by atoms with Gasteiger partial charge in [0.15, 0.2) is 0 Å². The molecule has 0 aliphatic carbocycles. The molecule has 1 atom stereocenters. The van der Waals surface area contributed by atoms with E-state index >= 15 is 0 Å². The lowest BCUT2D eigenvalue weighted by molar-refractivity contribution is -0.130. The minimum atomic E-state index is -3.58. The smallest absolute Gasteiger partial charge is 0.325 e. The molecule has 0 spiro atoms. The Hall–Kier alpha value is -3.70. The molecule has 10 nitrogen and oxygen atoms in total. The van der Waals surface area contributed by atoms with Crippen LogP contribution >= 0.6 is 0 Å². The zero-order chi connectivity index (χ0) is 23.8. The van der Waals surface area contributed by atoms with Crippen LogP contribution in [0.5, 0.6) is 0 Å². The second kappa shape index (κ2) is 8.68. The van der Waals surface area contributed by atoms with Gasteiger partial charge in [0.05, 0.1) is 4.90 Å². The van der Waals surface area contributed by atoms with Crippen LogP contribution in [0.1, 0.15) is 5.56 Å². The molecule has 0 radical (unpaired) electrons. The second-order valence-electron chi connectivity index (χ2n) is 7.85. The van der Waals surface area contributed by atoms with E-state index in [0.29, 0.717) is 12.1 Å². The van der Waals surface area contributed by atoms with Gasteiger partial charge in [0.25, 0.3) is 5.91 Å². The molecule has 3 aromatic rings. The third-order valence-corrected chi connectivity index (χ3v) is 7.25. The maximum atomic E-state index is 12.8. The fourth-order valence-corrected chi connectivity index (χ4v) is 4.55. The third-order valence-electron chi connectivity index (χ3n) is 5.42. The number of benzene rings is 2. The molecule has 2 aromatic carbocycles. The van der Waals surface area contributed by atoms with E-state index in [-0.39, 0.29) is 4.90 Å². The largest absolute Gasteiger partial charge is 0.361 e. The number of rotatable bonds is 7. The van der Waals surface area contributed by atoms with Gasteiger partial charge in [-0.1, -0.05) is 18.2 Å². The Balaban J connectivity index is 1.39. The summed E-state index contributed by atoms with van der Waals surface area (Å²) in [6.07, 6.45) is 2.11. The minimum Gasteiger partial charge on any atom is -0.361 e. The lowest BCUT2D eigenvalue weighted by atomic mass is 10.1. The molecule has 1 saturated heterocycles. The van der Waals surface area contributed by atoms with Gasteiger partial charge >= 0.3 is 6.03 Å². The molecule has 3 N–H and O–H groups in total. The first-order chi connectivity index (χ1) is 15.7. The van der Waals surface area contributed by atoms with E-state index in [9.17, 15) is 22.8 Å². The Morgan fingerprint density at radius 3 is 2.48 bits per heavy atom. The minimum absolute atomic E-state index is 0.0831. The number of carbonyl (C=O) groups is 3. The van der Waals surface area contributed by atoms with Crippen LogP contribution in [0.2, 0.25) is 0 Å². The maximum Gasteiger partial charge on any atom is 0.325 e. The quantitative estimate of drug-likeness (QED) is 0.452. The lowest BCUT2D eigenvalue weighted by Crippen LogP contribution is -2.38. The van der Waals surface area contributed by atoms with Crippen molar-refractivity contribution in [2.45, 2.75) is 17.4 Å². The number of urea groups is 1. The number of para-hydroxylation sites is 1. The number of aromatic amines is 1. The van der Waals surface area contributed by atoms with Gasteiger partial charge in [0.1, 0.15) is 12.6 Å². The zero-order valence-corrected chi connectivity index (χ0v) is 18.8. The summed E-state index contributed by atoms with van der Waals surface area (Å²) in [6.45, 7) is -0.452. The van der Waals surface area contributed by atoms with Crippen molar-refractivity contribution in [3.8, 4) is 0 Å². The average molecular weight is 470 g/mol. The number of sulfonamides is 1. The molecule has 172 valence electrons. The van der Waals surface area contributed by atoms with Crippen molar-refractivity contribution in [1.82, 2.24) is 19.5 Å². The van der Waals surface area contributed by atoms with Gasteiger partial charge in [-0.15, -0.1) is 0 Å². The fourth-order valence-electron chi connectivity index (χ4n) is 3.65. The molecule has 1 aliphatic heterocycles. The number of carbonyl (C=O) groups excluding carboxylic acids is 3. The van der Waals surface area contributed by atoms with Gasteiger partial charge < -0.3 is 15.6 Å². The summed E-state index contributed by atoms with van der Waals surface area (Å²) in [5.41, 5.74) is 2.17. The molecule has 2 heterocycles. The summed E-state index contributed by atoms with van der Waals surface area (Å²) in [6, 6.07) is 11.9. The van der Waals surface area contributed by atoms with Crippen molar-refractivity contribution in [3.05, 3.63) is 60.3 Å². The first-order valence-corrected chi connectivity index (χ1v) is 11.6. The summed E-state index contributed by atoms with van der Waals surface area (Å²) in [4.78, 5) is 41.6. The number of aromatic nitrogens is 1. The predicted molar refractivity (Wildman–Crippen MR) is 122 cm³/mol. The number of hydrogen-bond donors (Lipinski definition) is 3. The van der Waals surface area contributed by atoms with Crippen molar-refractivity contribution in [3.63, 3.8) is 0 Å². The summed E-state index contributed by atoms with van der Waals surface area (Å²) in [7, 11) is -0.733. The Kier molecular flexibility index (Phi) is 5.91. The van der Waals surface area contributed by atoms with E-state index < -0.39 is 40.5 Å². The fraction of sp³-hybridized carbons (Fsp3) is 0.227. The van der Waals surface area contributed by atoms with Crippen molar-refractivity contribution in [2.24, 2.45) is 0 Å². The van der Waals surface area contributed by atoms with Gasteiger partial charge in [0, 0.05) is 43.3 Å². The van der Waals surface area contributed by atoms with Gasteiger partial charge in [-0.3, -0.25) is 14.5 Å². The second-order valence-corrected chi connectivity index (χ2v) is 10.0. The van der Waals surface area contributed by atoms with Crippen LogP contribution < -0.4 is 10.6 Å². The van der Waals surface area contributed by atoms with E-state index in [1.54, 1.807) is 6.20 Å². The van der Waals surface area contributed by atoms with E-state index in [0.717, 1.165) is 25.7 Å². The third kappa shape index (κ3) is 4.45. The molecule has 0 bridgehead atoms. The SMILES string of the molecule is CN(C)S(=O)(=O)c1ccc(NC(=O)CN2C(=O)NC(Cc3c[nH]c4ccccc34)C2=O)cc1. The molecule has 1 fully saturated rings. The van der Waals surface area contributed by atoms with Gasteiger partial charge in [-0.25, -0.2) is 17.5 Å². The highest BCUT2D eigenvalue weighted by Crippen LogP contribution is 2.21. The Labute approximate surface area is 190 Å². The van der Waals surface area contributed by atoms with E-state index in [4.69, 9.17) is 0 Å². The topological polar surface area (TPSA) is 132 Å². The number of anilines is 1. The monoisotopic (exact) mass is 469 g/mol. The highest BCUT2D eigenvalue weighted by Gasteiger charge is 2.39. The van der Waals surface area contributed by atoms with Crippen LogP contribution in [0.3, 0.4) is 0 Å². The van der Waals surface area contributed by atoms with Gasteiger partial charge in [-0.2, -0.15) is 0 Å². The number of amides is 4. The van der Waals surface area contributed by atoms with Crippen molar-refractivity contribution in [1.29, 1.82) is 0 Å². The number of imide groups is 1. The molecular formula is C22H23N5O5S. The number of fused-ring (bicyclic) bond motifs is 1. The summed E-state index contributed by atoms with van der Waals surface area (Å²) in [5, 5.41) is 6.18. The van der Waals surface area contributed by atoms with Crippen LogP contribution in [0.25, 0.3) is 10.9 Å². The van der Waals surface area contributed by atoms with Crippen LogP contribution in [-0.2, 0) is 26.0 Å². The molecular weight excluding hydrogens is 446 g/mol. The van der Waals surface area contributed by atoms with Crippen molar-refractivity contribution >= 4 is 44.5 Å². The highest BCUT2D eigenvalue weighted by atomic mass is 32.2. The predicted octanol–water partition coefficient (Wildman–Crippen LogP) is 1.52. The molecule has 1 aliphatic rings. The van der Waals surface area contributed by atoms with Crippen molar-refractivity contribution < 1.29 is 22.8 Å². The Bertz CT molecular complexity index is 1330. The number of hydrogen-bond acceptors (Lipinski definition) is 5. The summed E-state index contributed by atoms with van der Waals surface area (Å²) >= 11 is 0. The first-order valence-electron chi connectivity index (χ1n) is 10.2. The Morgan fingerprint density at radius 1 is 1.09 bits per heavy atom. The lowest BCUT2D eigenvalue weighted by Gasteiger charge is -2.14. The van der Waals surface area contributed by atoms with Crippen LogP contribution in [0, 0.1) is 0 Å². The number of nitrogens with zero attached hydrogens (tertiary/aromatic N) is 2. The summed E-state index contributed by atoms with van der Waals surface area (Å²) in [5.74, 6) is -1.05. The molecule has 0 saturated carbocycles. The maximum absolute atomic E-state index is 12.8. The standard InChI is InChI=1S/C22H23N5O5S/c1-26(2)33(31,32)16-9-7-15(8-10-16)24-20(28)13-27-21(29)19(25-22(27)30)11-14-12-23-18-6-4-3-5-17(14)18/h3-10,12,19,23H,11,13H2,1-2H3,(H,24,28)(H,25,30). The van der Waals surface area contributed by atoms with Gasteiger partial charge in [0.2, 0.25) is 15.9 Å². The normalized spacial score (nSPS) is 16.5. The zero-order valence-electron chi connectivity index (χ0n) is 18.0. The molecule has 33 heavy (non-hydrogen) atoms. The van der Waals surface area contributed by atoms with Crippen molar-refractivity contribution in [2.75, 3.05) is 26.0 Å². The van der Waals surface area contributed by atoms with E-state index in [1.165, 1.54) is 38.4 Å². The molecule has 4 rings (SSSR count). The summed E-state index contributed by atoms with van der Waals surface area (Å²) < 4.78 is 25.4. The van der Waals surface area contributed by atoms with E-state index in [1.807, 2.05) is 24.3 Å². The highest BCUT2D eigenvalue weighted by molar-refractivity contribution is 7.89. The van der Waals surface area contributed by atoms with Gasteiger partial charge in [-0.05, 0) is 35.9 Å². The average Bonchev–Trinajstić information content (AvgIpc) is 3.30. The molecule has 1 aromatic heterocycles. The number of H-pyrrole nitrogens is 1. The molecule has 11 heteroatoms. The number of nitrogens with one attached hydrogen (secondary N) is 3. The first kappa shape index (κ1) is 22.5. The van der Waals surface area contributed by atoms with Crippen LogP contribution in [0.15, 0.2) is 59.6 Å². The molecule has 1 unspecified atom stereocenters. The van der Waals surface area contributed by atoms with Crippen LogP contribution in [0.4, 0.5) is 10.5 Å².